The lowest BCUT2D eigenvalue weighted by Gasteiger charge is -2.31. The molecule has 7 nitrogen and oxygen atoms in total. The number of carbonyl (C=O) groups excluding carboxylic acids is 2. The van der Waals surface area contributed by atoms with Crippen molar-refractivity contribution in [3.05, 3.63) is 59.7 Å². The van der Waals surface area contributed by atoms with E-state index in [0.717, 1.165) is 43.0 Å². The molecule has 0 aliphatic carbocycles. The van der Waals surface area contributed by atoms with Crippen LogP contribution in [0.25, 0.3) is 0 Å². The Balaban J connectivity index is 1.17. The summed E-state index contributed by atoms with van der Waals surface area (Å²) in [5, 5.41) is 6.04. The number of amides is 2. The van der Waals surface area contributed by atoms with E-state index < -0.39 is 0 Å². The SMILES string of the molecule is O=C(CN1CCC(NC(=O)c2ccccc2)CC1)NCc1ccc2c(c1)OCO2. The van der Waals surface area contributed by atoms with E-state index in [4.69, 9.17) is 9.47 Å². The molecule has 0 aromatic heterocycles. The molecule has 152 valence electrons. The van der Waals surface area contributed by atoms with Gasteiger partial charge in [0.2, 0.25) is 12.7 Å². The number of piperidine rings is 1. The molecule has 2 amide bonds. The average molecular weight is 395 g/mol. The van der Waals surface area contributed by atoms with Crippen LogP contribution in [0, 0.1) is 0 Å². The molecule has 29 heavy (non-hydrogen) atoms. The molecule has 2 aliphatic rings. The van der Waals surface area contributed by atoms with Gasteiger partial charge in [0.15, 0.2) is 11.5 Å². The van der Waals surface area contributed by atoms with Gasteiger partial charge in [-0.3, -0.25) is 14.5 Å². The topological polar surface area (TPSA) is 79.9 Å². The monoisotopic (exact) mass is 395 g/mol. The van der Waals surface area contributed by atoms with Crippen LogP contribution in [0.1, 0.15) is 28.8 Å². The summed E-state index contributed by atoms with van der Waals surface area (Å²) in [6, 6.07) is 15.1. The van der Waals surface area contributed by atoms with Crippen LogP contribution >= 0.6 is 0 Å². The van der Waals surface area contributed by atoms with Gasteiger partial charge >= 0.3 is 0 Å². The third kappa shape index (κ3) is 5.06. The molecule has 0 radical (unpaired) electrons. The maximum absolute atomic E-state index is 12.3. The van der Waals surface area contributed by atoms with Crippen LogP contribution in [0.5, 0.6) is 11.5 Å². The molecule has 2 aliphatic heterocycles. The molecular weight excluding hydrogens is 370 g/mol. The second kappa shape index (κ2) is 8.96. The highest BCUT2D eigenvalue weighted by atomic mass is 16.7. The lowest BCUT2D eigenvalue weighted by Crippen LogP contribution is -2.47. The van der Waals surface area contributed by atoms with Crippen molar-refractivity contribution in [3.63, 3.8) is 0 Å². The van der Waals surface area contributed by atoms with E-state index in [1.54, 1.807) is 0 Å². The van der Waals surface area contributed by atoms with E-state index in [1.165, 1.54) is 0 Å². The number of likely N-dealkylation sites (tertiary alicyclic amines) is 1. The fourth-order valence-electron chi connectivity index (χ4n) is 3.60. The third-order valence-corrected chi connectivity index (χ3v) is 5.25. The van der Waals surface area contributed by atoms with Crippen LogP contribution in [0.4, 0.5) is 0 Å². The van der Waals surface area contributed by atoms with Gasteiger partial charge in [0.25, 0.3) is 5.91 Å². The maximum Gasteiger partial charge on any atom is 0.251 e. The zero-order chi connectivity index (χ0) is 20.1. The minimum absolute atomic E-state index is 0.00515. The van der Waals surface area contributed by atoms with Crippen molar-refractivity contribution < 1.29 is 19.1 Å². The number of carbonyl (C=O) groups is 2. The van der Waals surface area contributed by atoms with E-state index in [2.05, 4.69) is 15.5 Å². The van der Waals surface area contributed by atoms with Crippen LogP contribution in [0.3, 0.4) is 0 Å². The summed E-state index contributed by atoms with van der Waals surface area (Å²) in [5.74, 6) is 1.42. The first-order valence-corrected chi connectivity index (χ1v) is 9.91. The fraction of sp³-hybridized carbons (Fsp3) is 0.364. The van der Waals surface area contributed by atoms with Gasteiger partial charge < -0.3 is 20.1 Å². The highest BCUT2D eigenvalue weighted by Crippen LogP contribution is 2.32. The van der Waals surface area contributed by atoms with Crippen molar-refractivity contribution in [2.45, 2.75) is 25.4 Å². The van der Waals surface area contributed by atoms with Gasteiger partial charge in [0.1, 0.15) is 0 Å². The van der Waals surface area contributed by atoms with Crippen LogP contribution in [0.15, 0.2) is 48.5 Å². The smallest absolute Gasteiger partial charge is 0.251 e. The molecule has 0 unspecified atom stereocenters. The summed E-state index contributed by atoms with van der Waals surface area (Å²) < 4.78 is 10.7. The largest absolute Gasteiger partial charge is 0.454 e. The highest BCUT2D eigenvalue weighted by Gasteiger charge is 2.22. The molecule has 0 bridgehead atoms. The summed E-state index contributed by atoms with van der Waals surface area (Å²) in [6.45, 7) is 2.64. The molecule has 1 fully saturated rings. The molecule has 7 heteroatoms. The summed E-state index contributed by atoms with van der Waals surface area (Å²) >= 11 is 0. The van der Waals surface area contributed by atoms with Gasteiger partial charge in [-0.15, -0.1) is 0 Å². The van der Waals surface area contributed by atoms with E-state index in [1.807, 2.05) is 48.5 Å². The highest BCUT2D eigenvalue weighted by molar-refractivity contribution is 5.94. The summed E-state index contributed by atoms with van der Waals surface area (Å²) in [4.78, 5) is 26.7. The predicted molar refractivity (Wildman–Crippen MR) is 108 cm³/mol. The quantitative estimate of drug-likeness (QED) is 0.781. The first-order valence-electron chi connectivity index (χ1n) is 9.91. The number of nitrogens with zero attached hydrogens (tertiary/aromatic N) is 1. The van der Waals surface area contributed by atoms with Gasteiger partial charge in [0.05, 0.1) is 6.54 Å². The Morgan fingerprint density at radius 1 is 1.00 bits per heavy atom. The molecule has 0 spiro atoms. The van der Waals surface area contributed by atoms with Crippen molar-refractivity contribution in [2.75, 3.05) is 26.4 Å². The van der Waals surface area contributed by atoms with E-state index in [0.29, 0.717) is 18.7 Å². The molecule has 2 aromatic rings. The number of rotatable bonds is 6. The van der Waals surface area contributed by atoms with Crippen LogP contribution in [-0.4, -0.2) is 49.2 Å². The van der Waals surface area contributed by atoms with Crippen molar-refractivity contribution >= 4 is 11.8 Å². The van der Waals surface area contributed by atoms with E-state index in [9.17, 15) is 9.59 Å². The van der Waals surface area contributed by atoms with Gasteiger partial charge in [-0.1, -0.05) is 24.3 Å². The van der Waals surface area contributed by atoms with Crippen molar-refractivity contribution in [2.24, 2.45) is 0 Å². The number of benzene rings is 2. The van der Waals surface area contributed by atoms with Crippen LogP contribution < -0.4 is 20.1 Å². The summed E-state index contributed by atoms with van der Waals surface area (Å²) in [5.41, 5.74) is 1.66. The Morgan fingerprint density at radius 2 is 1.76 bits per heavy atom. The lowest BCUT2D eigenvalue weighted by atomic mass is 10.0. The zero-order valence-corrected chi connectivity index (χ0v) is 16.2. The molecule has 2 aromatic carbocycles. The van der Waals surface area contributed by atoms with E-state index in [-0.39, 0.29) is 24.6 Å². The second-order valence-electron chi connectivity index (χ2n) is 7.35. The Bertz CT molecular complexity index is 864. The van der Waals surface area contributed by atoms with Gasteiger partial charge in [0, 0.05) is 31.2 Å². The molecule has 0 saturated carbocycles. The first-order chi connectivity index (χ1) is 14.2. The Morgan fingerprint density at radius 3 is 2.55 bits per heavy atom. The van der Waals surface area contributed by atoms with E-state index >= 15 is 0 Å². The fourth-order valence-corrected chi connectivity index (χ4v) is 3.60. The second-order valence-corrected chi connectivity index (χ2v) is 7.35. The Hall–Kier alpha value is -3.06. The average Bonchev–Trinajstić information content (AvgIpc) is 3.22. The standard InChI is InChI=1S/C22H25N3O4/c26-21(23-13-16-6-7-19-20(12-16)29-15-28-19)14-25-10-8-18(9-11-25)24-22(27)17-4-2-1-3-5-17/h1-7,12,18H,8-11,13-15H2,(H,23,26)(H,24,27). The van der Waals surface area contributed by atoms with Crippen LogP contribution in [0.2, 0.25) is 0 Å². The minimum Gasteiger partial charge on any atom is -0.454 e. The van der Waals surface area contributed by atoms with Gasteiger partial charge in [-0.05, 0) is 42.7 Å². The van der Waals surface area contributed by atoms with Gasteiger partial charge in [-0.2, -0.15) is 0 Å². The van der Waals surface area contributed by atoms with Crippen LogP contribution in [-0.2, 0) is 11.3 Å². The maximum atomic E-state index is 12.3. The van der Waals surface area contributed by atoms with Crippen molar-refractivity contribution in [3.8, 4) is 11.5 Å². The van der Waals surface area contributed by atoms with Crippen molar-refractivity contribution in [1.29, 1.82) is 0 Å². The summed E-state index contributed by atoms with van der Waals surface area (Å²) in [7, 11) is 0. The summed E-state index contributed by atoms with van der Waals surface area (Å²) in [6.07, 6.45) is 1.68. The molecular formula is C22H25N3O4. The number of hydrogen-bond donors (Lipinski definition) is 2. The Kier molecular flexibility index (Phi) is 5.95. The molecule has 4 rings (SSSR count). The third-order valence-electron chi connectivity index (χ3n) is 5.25. The first kappa shape index (κ1) is 19.3. The molecule has 2 heterocycles. The van der Waals surface area contributed by atoms with Gasteiger partial charge in [-0.25, -0.2) is 0 Å². The molecule has 1 saturated heterocycles. The predicted octanol–water partition coefficient (Wildman–Crippen LogP) is 1.93. The van der Waals surface area contributed by atoms with Crippen molar-refractivity contribution in [1.82, 2.24) is 15.5 Å². The number of nitrogens with one attached hydrogen (secondary N) is 2. The zero-order valence-electron chi connectivity index (χ0n) is 16.2. The molecule has 2 N–H and O–H groups in total. The number of ether oxygens (including phenoxy) is 2. The number of hydrogen-bond acceptors (Lipinski definition) is 5. The lowest BCUT2D eigenvalue weighted by molar-refractivity contribution is -0.122. The normalized spacial score (nSPS) is 16.4. The Labute approximate surface area is 170 Å². The number of fused-ring (bicyclic) bond motifs is 1. The minimum atomic E-state index is -0.0366. The molecule has 0 atom stereocenters.